The van der Waals surface area contributed by atoms with Gasteiger partial charge in [0.2, 0.25) is 0 Å². The number of hydrogen-bond acceptors (Lipinski definition) is 2. The molecular formula is C14H26N2O3. The molecule has 0 radical (unpaired) electrons. The Kier molecular flexibility index (Phi) is 4.48. The molecule has 0 aromatic heterocycles. The van der Waals surface area contributed by atoms with Gasteiger partial charge in [-0.2, -0.15) is 0 Å². The summed E-state index contributed by atoms with van der Waals surface area (Å²) in [7, 11) is 0. The van der Waals surface area contributed by atoms with Crippen molar-refractivity contribution in [3.63, 3.8) is 0 Å². The number of carboxylic acids is 1. The Morgan fingerprint density at radius 1 is 1.21 bits per heavy atom. The van der Waals surface area contributed by atoms with Crippen molar-refractivity contribution < 1.29 is 14.7 Å². The van der Waals surface area contributed by atoms with Crippen molar-refractivity contribution in [2.45, 2.75) is 53.5 Å². The molecule has 1 atom stereocenters. The van der Waals surface area contributed by atoms with E-state index in [9.17, 15) is 9.59 Å². The molecule has 0 aromatic rings. The zero-order valence-corrected chi connectivity index (χ0v) is 12.5. The van der Waals surface area contributed by atoms with Crippen LogP contribution >= 0.6 is 0 Å². The topological polar surface area (TPSA) is 78.4 Å². The van der Waals surface area contributed by atoms with Gasteiger partial charge in [0, 0.05) is 12.6 Å². The Labute approximate surface area is 115 Å². The van der Waals surface area contributed by atoms with Gasteiger partial charge in [0.1, 0.15) is 0 Å². The standard InChI is InChI=1S/C14H26N2O3/c1-6-7-9(10(17)18)8-15-12(19)16-11-13(2,3)14(11,4)5/h9,11H,6-8H2,1-5H3,(H,17,18)(H2,15,16,19). The summed E-state index contributed by atoms with van der Waals surface area (Å²) in [4.78, 5) is 22.8. The van der Waals surface area contributed by atoms with Crippen molar-refractivity contribution in [3.8, 4) is 0 Å². The number of hydrogen-bond donors (Lipinski definition) is 3. The lowest BCUT2D eigenvalue weighted by Gasteiger charge is -2.13. The molecule has 1 fully saturated rings. The van der Waals surface area contributed by atoms with Crippen LogP contribution in [0.25, 0.3) is 0 Å². The SMILES string of the molecule is CCCC(CNC(=O)NC1C(C)(C)C1(C)C)C(=O)O. The predicted molar refractivity (Wildman–Crippen MR) is 73.9 cm³/mol. The number of amides is 2. The third-order valence-corrected chi connectivity index (χ3v) is 4.79. The third-order valence-electron chi connectivity index (χ3n) is 4.79. The Hall–Kier alpha value is -1.26. The van der Waals surface area contributed by atoms with Gasteiger partial charge in [-0.3, -0.25) is 4.79 Å². The molecule has 1 aliphatic carbocycles. The largest absolute Gasteiger partial charge is 0.481 e. The van der Waals surface area contributed by atoms with Crippen LogP contribution in [-0.2, 0) is 4.79 Å². The van der Waals surface area contributed by atoms with Gasteiger partial charge < -0.3 is 15.7 Å². The van der Waals surface area contributed by atoms with Crippen molar-refractivity contribution in [1.82, 2.24) is 10.6 Å². The first-order valence-corrected chi connectivity index (χ1v) is 6.91. The molecule has 1 rings (SSSR count). The highest BCUT2D eigenvalue weighted by atomic mass is 16.4. The molecule has 5 nitrogen and oxygen atoms in total. The highest BCUT2D eigenvalue weighted by molar-refractivity contribution is 5.76. The molecule has 1 saturated carbocycles. The molecule has 0 aliphatic heterocycles. The van der Waals surface area contributed by atoms with E-state index in [0.717, 1.165) is 6.42 Å². The highest BCUT2D eigenvalue weighted by Crippen LogP contribution is 2.62. The molecule has 5 heteroatoms. The molecule has 1 aliphatic rings. The Balaban J connectivity index is 2.39. The first-order valence-electron chi connectivity index (χ1n) is 6.91. The van der Waals surface area contributed by atoms with E-state index in [4.69, 9.17) is 5.11 Å². The highest BCUT2D eigenvalue weighted by Gasteiger charge is 2.65. The summed E-state index contributed by atoms with van der Waals surface area (Å²) in [5, 5.41) is 14.6. The van der Waals surface area contributed by atoms with E-state index in [0.29, 0.717) is 6.42 Å². The summed E-state index contributed by atoms with van der Waals surface area (Å²) < 4.78 is 0. The van der Waals surface area contributed by atoms with Crippen LogP contribution in [0.2, 0.25) is 0 Å². The van der Waals surface area contributed by atoms with Crippen LogP contribution in [-0.4, -0.2) is 29.7 Å². The van der Waals surface area contributed by atoms with Crippen molar-refractivity contribution in [2.24, 2.45) is 16.7 Å². The zero-order valence-electron chi connectivity index (χ0n) is 12.5. The Morgan fingerprint density at radius 2 is 1.74 bits per heavy atom. The van der Waals surface area contributed by atoms with Gasteiger partial charge in [-0.1, -0.05) is 41.0 Å². The van der Waals surface area contributed by atoms with Crippen LogP contribution in [0.3, 0.4) is 0 Å². The summed E-state index contributed by atoms with van der Waals surface area (Å²) in [5.74, 6) is -1.36. The number of rotatable bonds is 6. The minimum atomic E-state index is -0.853. The number of aliphatic carboxylic acids is 1. The summed E-state index contributed by atoms with van der Waals surface area (Å²) in [6.07, 6.45) is 1.37. The molecule has 0 heterocycles. The molecule has 2 amide bonds. The summed E-state index contributed by atoms with van der Waals surface area (Å²) in [6.45, 7) is 10.6. The number of carbonyl (C=O) groups is 2. The molecular weight excluding hydrogens is 244 g/mol. The minimum Gasteiger partial charge on any atom is -0.481 e. The quantitative estimate of drug-likeness (QED) is 0.692. The van der Waals surface area contributed by atoms with Crippen LogP contribution in [0.4, 0.5) is 4.79 Å². The second-order valence-electron chi connectivity index (χ2n) is 6.55. The molecule has 0 saturated heterocycles. The van der Waals surface area contributed by atoms with Gasteiger partial charge >= 0.3 is 12.0 Å². The monoisotopic (exact) mass is 270 g/mol. The van der Waals surface area contributed by atoms with E-state index in [2.05, 4.69) is 38.3 Å². The number of urea groups is 1. The lowest BCUT2D eigenvalue weighted by atomic mass is 10.0. The normalized spacial score (nSPS) is 21.5. The zero-order chi connectivity index (χ0) is 14.8. The minimum absolute atomic E-state index is 0.0833. The number of carboxylic acid groups (broad SMARTS) is 1. The smallest absolute Gasteiger partial charge is 0.315 e. The van der Waals surface area contributed by atoms with Gasteiger partial charge in [0.05, 0.1) is 5.92 Å². The van der Waals surface area contributed by atoms with Crippen molar-refractivity contribution >= 4 is 12.0 Å². The van der Waals surface area contributed by atoms with E-state index in [-0.39, 0.29) is 29.4 Å². The van der Waals surface area contributed by atoms with Gasteiger partial charge in [-0.25, -0.2) is 4.79 Å². The van der Waals surface area contributed by atoms with Crippen LogP contribution in [0, 0.1) is 16.7 Å². The van der Waals surface area contributed by atoms with Gasteiger partial charge in [0.25, 0.3) is 0 Å². The van der Waals surface area contributed by atoms with E-state index in [1.54, 1.807) is 0 Å². The molecule has 0 bridgehead atoms. The molecule has 0 aromatic carbocycles. The molecule has 110 valence electrons. The van der Waals surface area contributed by atoms with E-state index in [1.807, 2.05) is 6.92 Å². The van der Waals surface area contributed by atoms with Crippen molar-refractivity contribution in [3.05, 3.63) is 0 Å². The number of carbonyl (C=O) groups excluding carboxylic acids is 1. The summed E-state index contributed by atoms with van der Waals surface area (Å²) >= 11 is 0. The predicted octanol–water partition coefficient (Wildman–Crippen LogP) is 2.22. The van der Waals surface area contributed by atoms with E-state index in [1.165, 1.54) is 0 Å². The second-order valence-corrected chi connectivity index (χ2v) is 6.55. The molecule has 19 heavy (non-hydrogen) atoms. The lowest BCUT2D eigenvalue weighted by Crippen LogP contribution is -2.42. The van der Waals surface area contributed by atoms with Crippen molar-refractivity contribution in [1.29, 1.82) is 0 Å². The first kappa shape index (κ1) is 15.8. The Bertz CT molecular complexity index is 350. The number of nitrogens with one attached hydrogen (secondary N) is 2. The van der Waals surface area contributed by atoms with Gasteiger partial charge in [-0.05, 0) is 17.3 Å². The van der Waals surface area contributed by atoms with Crippen LogP contribution < -0.4 is 10.6 Å². The van der Waals surface area contributed by atoms with Crippen LogP contribution in [0.1, 0.15) is 47.5 Å². The first-order chi connectivity index (χ1) is 8.64. The maximum Gasteiger partial charge on any atom is 0.315 e. The van der Waals surface area contributed by atoms with E-state index < -0.39 is 11.9 Å². The van der Waals surface area contributed by atoms with E-state index >= 15 is 0 Å². The van der Waals surface area contributed by atoms with Gasteiger partial charge in [0.15, 0.2) is 0 Å². The van der Waals surface area contributed by atoms with Crippen LogP contribution in [0.5, 0.6) is 0 Å². The summed E-state index contributed by atoms with van der Waals surface area (Å²) in [6, 6.07) is -0.138. The van der Waals surface area contributed by atoms with Crippen molar-refractivity contribution in [2.75, 3.05) is 6.54 Å². The molecule has 1 unspecified atom stereocenters. The maximum atomic E-state index is 11.8. The van der Waals surface area contributed by atoms with Crippen LogP contribution in [0.15, 0.2) is 0 Å². The second kappa shape index (κ2) is 5.39. The Morgan fingerprint density at radius 3 is 2.11 bits per heavy atom. The fraction of sp³-hybridized carbons (Fsp3) is 0.857. The fourth-order valence-electron chi connectivity index (χ4n) is 2.62. The average Bonchev–Trinajstić information content (AvgIpc) is 2.66. The maximum absolute atomic E-state index is 11.8. The molecule has 3 N–H and O–H groups in total. The molecule has 0 spiro atoms. The fourth-order valence-corrected chi connectivity index (χ4v) is 2.62. The lowest BCUT2D eigenvalue weighted by molar-refractivity contribution is -0.141. The third kappa shape index (κ3) is 3.19. The average molecular weight is 270 g/mol. The van der Waals surface area contributed by atoms with Gasteiger partial charge in [-0.15, -0.1) is 0 Å². The summed E-state index contributed by atoms with van der Waals surface area (Å²) in [5.41, 5.74) is 0.167.